The third kappa shape index (κ3) is 4.79. The molecule has 2 aromatic carbocycles. The molecule has 3 N–H and O–H groups in total. The van der Waals surface area contributed by atoms with Crippen molar-refractivity contribution >= 4 is 5.71 Å². The summed E-state index contributed by atoms with van der Waals surface area (Å²) in [5.41, 5.74) is 1.88. The summed E-state index contributed by atoms with van der Waals surface area (Å²) in [6, 6.07) is 7.98. The molecule has 0 amide bonds. The Morgan fingerprint density at radius 3 is 2.79 bits per heavy atom. The zero-order valence-corrected chi connectivity index (χ0v) is 18.4. The molecule has 33 heavy (non-hydrogen) atoms. The molecule has 0 bridgehead atoms. The van der Waals surface area contributed by atoms with Crippen LogP contribution in [0.5, 0.6) is 28.7 Å². The fourth-order valence-electron chi connectivity index (χ4n) is 3.69. The van der Waals surface area contributed by atoms with E-state index in [1.165, 1.54) is 19.2 Å². The van der Waals surface area contributed by atoms with Gasteiger partial charge in [0.25, 0.3) is 0 Å². The molecule has 4 rings (SSSR count). The fraction of sp³-hybridized carbons (Fsp3) is 0.348. The van der Waals surface area contributed by atoms with Crippen molar-refractivity contribution in [3.05, 3.63) is 53.3 Å². The Morgan fingerprint density at radius 1 is 1.21 bits per heavy atom. The second-order valence-electron chi connectivity index (χ2n) is 7.72. The van der Waals surface area contributed by atoms with E-state index in [0.717, 1.165) is 19.4 Å². The van der Waals surface area contributed by atoms with Crippen molar-refractivity contribution in [2.75, 3.05) is 7.11 Å². The second kappa shape index (κ2) is 9.68. The van der Waals surface area contributed by atoms with E-state index in [2.05, 4.69) is 22.4 Å². The van der Waals surface area contributed by atoms with E-state index in [1.54, 1.807) is 22.9 Å². The number of hydrogen-bond donors (Lipinski definition) is 3. The molecule has 0 saturated heterocycles. The Labute approximate surface area is 190 Å². The molecule has 3 aromatic rings. The number of benzene rings is 2. The van der Waals surface area contributed by atoms with Gasteiger partial charge in [0.1, 0.15) is 35.7 Å². The molecule has 1 aliphatic heterocycles. The summed E-state index contributed by atoms with van der Waals surface area (Å²) in [4.78, 5) is 0. The van der Waals surface area contributed by atoms with Gasteiger partial charge in [0.2, 0.25) is 0 Å². The molecule has 0 unspecified atom stereocenters. The lowest BCUT2D eigenvalue weighted by Gasteiger charge is -2.28. The van der Waals surface area contributed by atoms with E-state index in [1.807, 2.05) is 6.20 Å². The molecule has 10 nitrogen and oxygen atoms in total. The third-order valence-electron chi connectivity index (χ3n) is 5.40. The number of fused-ring (bicyclic) bond motifs is 1. The molecule has 2 heterocycles. The van der Waals surface area contributed by atoms with E-state index in [-0.39, 0.29) is 30.2 Å². The Kier molecular flexibility index (Phi) is 6.53. The third-order valence-corrected chi connectivity index (χ3v) is 5.40. The summed E-state index contributed by atoms with van der Waals surface area (Å²) < 4.78 is 18.7. The van der Waals surface area contributed by atoms with Gasteiger partial charge in [-0.25, -0.2) is 0 Å². The van der Waals surface area contributed by atoms with Crippen molar-refractivity contribution in [3.8, 4) is 28.7 Å². The van der Waals surface area contributed by atoms with E-state index in [0.29, 0.717) is 34.1 Å². The summed E-state index contributed by atoms with van der Waals surface area (Å²) in [6.45, 7) is 3.07. The first kappa shape index (κ1) is 22.3. The number of oxime groups is 1. The molecular formula is C23H26N4O6. The summed E-state index contributed by atoms with van der Waals surface area (Å²) in [5, 5.41) is 41.8. The molecule has 10 heteroatoms. The highest BCUT2D eigenvalue weighted by atomic mass is 16.5. The minimum atomic E-state index is -0.548. The van der Waals surface area contributed by atoms with Gasteiger partial charge in [-0.05, 0) is 24.1 Å². The van der Waals surface area contributed by atoms with E-state index < -0.39 is 6.10 Å². The maximum Gasteiger partial charge on any atom is 0.160 e. The molecule has 0 spiro atoms. The Bertz CT molecular complexity index is 1160. The molecule has 1 aromatic heterocycles. The van der Waals surface area contributed by atoms with Crippen molar-refractivity contribution < 1.29 is 29.6 Å². The maximum absolute atomic E-state index is 10.6. The predicted molar refractivity (Wildman–Crippen MR) is 118 cm³/mol. The molecule has 0 fully saturated rings. The Hall–Kier alpha value is -3.95. The average Bonchev–Trinajstić information content (AvgIpc) is 3.28. The van der Waals surface area contributed by atoms with Crippen LogP contribution in [0.15, 0.2) is 41.7 Å². The number of methoxy groups -OCH3 is 1. The van der Waals surface area contributed by atoms with Crippen LogP contribution >= 0.6 is 0 Å². The van der Waals surface area contributed by atoms with Crippen LogP contribution in [0.3, 0.4) is 0 Å². The van der Waals surface area contributed by atoms with Gasteiger partial charge in [0, 0.05) is 25.1 Å². The lowest BCUT2D eigenvalue weighted by Crippen LogP contribution is -2.21. The molecule has 0 radical (unpaired) electrons. The highest BCUT2D eigenvalue weighted by Gasteiger charge is 2.30. The van der Waals surface area contributed by atoms with Gasteiger partial charge in [-0.15, -0.1) is 5.10 Å². The van der Waals surface area contributed by atoms with Gasteiger partial charge in [0.05, 0.1) is 24.6 Å². The van der Waals surface area contributed by atoms with Crippen molar-refractivity contribution in [1.29, 1.82) is 0 Å². The minimum Gasteiger partial charge on any atom is -0.507 e. The number of aromatic nitrogens is 3. The highest BCUT2D eigenvalue weighted by Crippen LogP contribution is 2.43. The number of nitrogens with zero attached hydrogens (tertiary/aromatic N) is 4. The first-order valence-electron chi connectivity index (χ1n) is 10.7. The van der Waals surface area contributed by atoms with Gasteiger partial charge in [-0.1, -0.05) is 29.8 Å². The second-order valence-corrected chi connectivity index (χ2v) is 7.72. The smallest absolute Gasteiger partial charge is 0.160 e. The van der Waals surface area contributed by atoms with Crippen molar-refractivity contribution in [2.24, 2.45) is 5.16 Å². The standard InChI is InChI=1S/C23H26N4O6/c1-3-4-7-27-12-15(24-26-27)13-32-16-9-19(29)23-17(25-30)11-21(33-22(23)10-16)14-5-6-20(31-2)18(28)8-14/h5-6,8-10,12,21,28-30H,3-4,7,11,13H2,1-2H3/b25-17+/t21-/m0/s1. The van der Waals surface area contributed by atoms with Crippen LogP contribution in [-0.2, 0) is 13.2 Å². The van der Waals surface area contributed by atoms with Crippen LogP contribution in [0.1, 0.15) is 49.1 Å². The minimum absolute atomic E-state index is 0.0289. The number of aromatic hydroxyl groups is 2. The molecule has 174 valence electrons. The largest absolute Gasteiger partial charge is 0.507 e. The van der Waals surface area contributed by atoms with Crippen LogP contribution in [0.2, 0.25) is 0 Å². The van der Waals surface area contributed by atoms with Gasteiger partial charge < -0.3 is 29.6 Å². The van der Waals surface area contributed by atoms with E-state index in [4.69, 9.17) is 14.2 Å². The van der Waals surface area contributed by atoms with Crippen LogP contribution in [0, 0.1) is 0 Å². The van der Waals surface area contributed by atoms with Gasteiger partial charge in [-0.3, -0.25) is 4.68 Å². The number of rotatable bonds is 8. The SMILES string of the molecule is CCCCn1cc(COc2cc(O)c3c(c2)O[C@H](c2ccc(OC)c(O)c2)C/C3=N\O)nn1. The van der Waals surface area contributed by atoms with E-state index in [9.17, 15) is 15.4 Å². The number of aryl methyl sites for hydroxylation is 1. The summed E-state index contributed by atoms with van der Waals surface area (Å²) >= 11 is 0. The number of phenols is 2. The van der Waals surface area contributed by atoms with Crippen LogP contribution in [-0.4, -0.2) is 43.2 Å². The fourth-order valence-corrected chi connectivity index (χ4v) is 3.69. The van der Waals surface area contributed by atoms with Crippen LogP contribution in [0.25, 0.3) is 0 Å². The first-order valence-corrected chi connectivity index (χ1v) is 10.7. The summed E-state index contributed by atoms with van der Waals surface area (Å²) in [7, 11) is 1.47. The van der Waals surface area contributed by atoms with Crippen molar-refractivity contribution in [3.63, 3.8) is 0 Å². The van der Waals surface area contributed by atoms with Crippen molar-refractivity contribution in [1.82, 2.24) is 15.0 Å². The Morgan fingerprint density at radius 2 is 2.06 bits per heavy atom. The number of ether oxygens (including phenoxy) is 3. The predicted octanol–water partition coefficient (Wildman–Crippen LogP) is 3.78. The van der Waals surface area contributed by atoms with Crippen molar-refractivity contribution in [2.45, 2.75) is 45.4 Å². The highest BCUT2D eigenvalue weighted by molar-refractivity contribution is 6.06. The monoisotopic (exact) mass is 454 g/mol. The maximum atomic E-state index is 10.6. The zero-order valence-electron chi connectivity index (χ0n) is 18.4. The number of phenolic OH excluding ortho intramolecular Hbond substituents is 2. The topological polar surface area (TPSA) is 131 Å². The van der Waals surface area contributed by atoms with Gasteiger partial charge >= 0.3 is 0 Å². The summed E-state index contributed by atoms with van der Waals surface area (Å²) in [6.07, 6.45) is 3.56. The number of hydrogen-bond acceptors (Lipinski definition) is 9. The number of unbranched alkanes of at least 4 members (excludes halogenated alkanes) is 1. The summed E-state index contributed by atoms with van der Waals surface area (Å²) in [5.74, 6) is 0.850. The lowest BCUT2D eigenvalue weighted by atomic mass is 9.94. The van der Waals surface area contributed by atoms with Crippen LogP contribution in [0.4, 0.5) is 0 Å². The van der Waals surface area contributed by atoms with E-state index >= 15 is 0 Å². The molecular weight excluding hydrogens is 428 g/mol. The van der Waals surface area contributed by atoms with Gasteiger partial charge in [-0.2, -0.15) is 0 Å². The molecule has 0 aliphatic carbocycles. The normalized spacial score (nSPS) is 16.3. The average molecular weight is 454 g/mol. The lowest BCUT2D eigenvalue weighted by molar-refractivity contribution is 0.199. The zero-order chi connectivity index (χ0) is 23.4. The van der Waals surface area contributed by atoms with Gasteiger partial charge in [0.15, 0.2) is 11.5 Å². The van der Waals surface area contributed by atoms with Crippen LogP contribution < -0.4 is 14.2 Å². The quantitative estimate of drug-likeness (QED) is 0.346. The molecule has 1 atom stereocenters. The molecule has 0 saturated carbocycles. The Balaban J connectivity index is 1.55. The first-order chi connectivity index (χ1) is 16.0. The molecule has 1 aliphatic rings.